The normalized spacial score (nSPS) is 33.2. The van der Waals surface area contributed by atoms with Crippen molar-refractivity contribution in [2.75, 3.05) is 13.1 Å². The van der Waals surface area contributed by atoms with E-state index in [-0.39, 0.29) is 5.41 Å². The van der Waals surface area contributed by atoms with Gasteiger partial charge in [-0.1, -0.05) is 37.3 Å². The number of benzene rings is 1. The van der Waals surface area contributed by atoms with Crippen LogP contribution in [0.3, 0.4) is 0 Å². The van der Waals surface area contributed by atoms with E-state index in [0.717, 1.165) is 32.4 Å². The topological polar surface area (TPSA) is 28.4 Å². The van der Waals surface area contributed by atoms with Gasteiger partial charge in [-0.15, -0.1) is 0 Å². The lowest BCUT2D eigenvalue weighted by Crippen LogP contribution is -2.51. The van der Waals surface area contributed by atoms with Gasteiger partial charge in [-0.25, -0.2) is 0 Å². The molecule has 2 aromatic rings. The number of hydrogen-bond donors (Lipinski definition) is 1. The highest BCUT2D eigenvalue weighted by atomic mass is 16.3. The van der Waals surface area contributed by atoms with Gasteiger partial charge in [0.05, 0.1) is 11.6 Å². The molecule has 3 nitrogen and oxygen atoms in total. The van der Waals surface area contributed by atoms with E-state index < -0.39 is 6.23 Å². The zero-order valence-electron chi connectivity index (χ0n) is 13.0. The van der Waals surface area contributed by atoms with Crippen LogP contribution in [0.5, 0.6) is 0 Å². The zero-order valence-corrected chi connectivity index (χ0v) is 13.0. The van der Waals surface area contributed by atoms with E-state index in [1.54, 1.807) is 0 Å². The summed E-state index contributed by atoms with van der Waals surface area (Å²) in [5, 5.41) is 12.3. The highest BCUT2D eigenvalue weighted by Crippen LogP contribution is 2.57. The highest BCUT2D eigenvalue weighted by Gasteiger charge is 2.51. The molecule has 3 atom stereocenters. The molecule has 5 rings (SSSR count). The maximum absolute atomic E-state index is 10.9. The molecule has 0 radical (unpaired) electrons. The number of aliphatic hydroxyl groups excluding tert-OH is 1. The lowest BCUT2D eigenvalue weighted by Gasteiger charge is -2.53. The van der Waals surface area contributed by atoms with Crippen molar-refractivity contribution in [3.05, 3.63) is 47.7 Å². The van der Waals surface area contributed by atoms with Gasteiger partial charge in [0.25, 0.3) is 0 Å². The summed E-state index contributed by atoms with van der Waals surface area (Å²) >= 11 is 0. The number of rotatable bonds is 1. The molecule has 22 heavy (non-hydrogen) atoms. The lowest BCUT2D eigenvalue weighted by atomic mass is 9.67. The Morgan fingerprint density at radius 1 is 1.32 bits per heavy atom. The van der Waals surface area contributed by atoms with Crippen molar-refractivity contribution in [1.29, 1.82) is 0 Å². The molecule has 0 amide bonds. The third-order valence-electron chi connectivity index (χ3n) is 6.18. The average molecular weight is 294 g/mol. The van der Waals surface area contributed by atoms with Crippen LogP contribution >= 0.6 is 0 Å². The van der Waals surface area contributed by atoms with E-state index in [2.05, 4.69) is 52.8 Å². The number of aliphatic hydroxyl groups is 1. The van der Waals surface area contributed by atoms with Gasteiger partial charge in [-0.05, 0) is 24.5 Å². The summed E-state index contributed by atoms with van der Waals surface area (Å²) in [6.07, 6.45) is 7.31. The number of nitrogens with zero attached hydrogens (tertiary/aromatic N) is 2. The molecule has 1 aromatic heterocycles. The standard InChI is InChI=1S/C19H22N2O/c1-2-19-9-5-10-20-11-8-14-13-6-3-4-7-15(13)21(16(22)12-19)17(14)18(19)20/h3-7,9,16,18,22H,2,8,10-12H2,1H3/t16?,18-,19+/m1/s1. The minimum Gasteiger partial charge on any atom is -0.373 e. The van der Waals surface area contributed by atoms with Crippen LogP contribution in [-0.4, -0.2) is 27.7 Å². The maximum atomic E-state index is 10.9. The van der Waals surface area contributed by atoms with Crippen molar-refractivity contribution in [3.63, 3.8) is 0 Å². The molecule has 0 bridgehead atoms. The van der Waals surface area contributed by atoms with Crippen molar-refractivity contribution >= 4 is 10.9 Å². The number of aromatic nitrogens is 1. The van der Waals surface area contributed by atoms with E-state index in [4.69, 9.17) is 0 Å². The van der Waals surface area contributed by atoms with Gasteiger partial charge in [0.2, 0.25) is 0 Å². The summed E-state index contributed by atoms with van der Waals surface area (Å²) < 4.78 is 2.23. The van der Waals surface area contributed by atoms with Gasteiger partial charge in [-0.2, -0.15) is 0 Å². The molecule has 0 fully saturated rings. The van der Waals surface area contributed by atoms with Crippen LogP contribution in [-0.2, 0) is 6.42 Å². The first-order chi connectivity index (χ1) is 10.7. The van der Waals surface area contributed by atoms with Crippen molar-refractivity contribution in [2.24, 2.45) is 5.41 Å². The number of fused-ring (bicyclic) bond motifs is 3. The van der Waals surface area contributed by atoms with Gasteiger partial charge in [0, 0.05) is 36.0 Å². The molecule has 0 aliphatic carbocycles. The van der Waals surface area contributed by atoms with Crippen molar-refractivity contribution in [3.8, 4) is 0 Å². The van der Waals surface area contributed by atoms with Crippen LogP contribution in [0.1, 0.15) is 43.3 Å². The number of para-hydroxylation sites is 1. The zero-order chi connectivity index (χ0) is 14.9. The Morgan fingerprint density at radius 2 is 2.18 bits per heavy atom. The molecular formula is C19H22N2O. The first-order valence-corrected chi connectivity index (χ1v) is 8.47. The molecule has 0 saturated carbocycles. The van der Waals surface area contributed by atoms with Crippen molar-refractivity contribution in [2.45, 2.75) is 38.5 Å². The van der Waals surface area contributed by atoms with Crippen molar-refractivity contribution in [1.82, 2.24) is 9.47 Å². The van der Waals surface area contributed by atoms with Crippen LogP contribution < -0.4 is 0 Å². The third-order valence-corrected chi connectivity index (χ3v) is 6.18. The molecular weight excluding hydrogens is 272 g/mol. The largest absolute Gasteiger partial charge is 0.373 e. The minimum absolute atomic E-state index is 0.0945. The molecule has 0 saturated heterocycles. The van der Waals surface area contributed by atoms with Crippen LogP contribution in [0.25, 0.3) is 10.9 Å². The number of hydrogen-bond acceptors (Lipinski definition) is 2. The summed E-state index contributed by atoms with van der Waals surface area (Å²) in [6, 6.07) is 9.03. The highest BCUT2D eigenvalue weighted by molar-refractivity contribution is 5.86. The minimum atomic E-state index is -0.410. The lowest BCUT2D eigenvalue weighted by molar-refractivity contribution is -0.0313. The summed E-state index contributed by atoms with van der Waals surface area (Å²) in [7, 11) is 0. The van der Waals surface area contributed by atoms with Crippen molar-refractivity contribution < 1.29 is 5.11 Å². The monoisotopic (exact) mass is 294 g/mol. The first-order valence-electron chi connectivity index (χ1n) is 8.47. The van der Waals surface area contributed by atoms with Crippen LogP contribution in [0.4, 0.5) is 0 Å². The van der Waals surface area contributed by atoms with Gasteiger partial charge >= 0.3 is 0 Å². The van der Waals surface area contributed by atoms with E-state index in [0.29, 0.717) is 6.04 Å². The molecule has 3 aliphatic rings. The quantitative estimate of drug-likeness (QED) is 0.817. The van der Waals surface area contributed by atoms with Gasteiger partial charge in [0.1, 0.15) is 6.23 Å². The molecule has 1 aromatic carbocycles. The summed E-state index contributed by atoms with van der Waals surface area (Å²) in [6.45, 7) is 4.45. The smallest absolute Gasteiger partial charge is 0.131 e. The Kier molecular flexibility index (Phi) is 2.49. The van der Waals surface area contributed by atoms with Gasteiger partial charge < -0.3 is 9.67 Å². The van der Waals surface area contributed by atoms with Crippen LogP contribution in [0, 0.1) is 5.41 Å². The molecule has 4 heterocycles. The molecule has 1 unspecified atom stereocenters. The van der Waals surface area contributed by atoms with E-state index in [1.807, 2.05) is 0 Å². The van der Waals surface area contributed by atoms with Crippen LogP contribution in [0.15, 0.2) is 36.4 Å². The predicted octanol–water partition coefficient (Wildman–Crippen LogP) is 3.40. The summed E-state index contributed by atoms with van der Waals surface area (Å²) in [5.41, 5.74) is 4.17. The van der Waals surface area contributed by atoms with Gasteiger partial charge in [0.15, 0.2) is 0 Å². The molecule has 114 valence electrons. The van der Waals surface area contributed by atoms with E-state index in [9.17, 15) is 5.11 Å². The Hall–Kier alpha value is -1.58. The predicted molar refractivity (Wildman–Crippen MR) is 87.7 cm³/mol. The van der Waals surface area contributed by atoms with Gasteiger partial charge in [-0.3, -0.25) is 4.90 Å². The molecule has 1 N–H and O–H groups in total. The second-order valence-electron chi connectivity index (χ2n) is 7.07. The third kappa shape index (κ3) is 1.39. The van der Waals surface area contributed by atoms with Crippen LogP contribution in [0.2, 0.25) is 0 Å². The van der Waals surface area contributed by atoms with E-state index >= 15 is 0 Å². The Morgan fingerprint density at radius 3 is 3.05 bits per heavy atom. The molecule has 3 aliphatic heterocycles. The molecule has 0 spiro atoms. The fraction of sp³-hybridized carbons (Fsp3) is 0.474. The second-order valence-corrected chi connectivity index (χ2v) is 7.07. The fourth-order valence-corrected chi connectivity index (χ4v) is 5.20. The Bertz CT molecular complexity index is 790. The average Bonchev–Trinajstić information content (AvgIpc) is 2.89. The SMILES string of the molecule is CC[C@]12C=CCN3CCc4c(n(c5ccccc45)C(O)C1)[C@@H]32. The summed E-state index contributed by atoms with van der Waals surface area (Å²) in [5.74, 6) is 0. The Labute approximate surface area is 130 Å². The van der Waals surface area contributed by atoms with E-state index in [1.165, 1.54) is 22.2 Å². The molecule has 3 heteroatoms. The summed E-state index contributed by atoms with van der Waals surface area (Å²) in [4.78, 5) is 2.62. The fourth-order valence-electron chi connectivity index (χ4n) is 5.20. The second kappa shape index (κ2) is 4.24. The first kappa shape index (κ1) is 12.9. The Balaban J connectivity index is 1.88. The maximum Gasteiger partial charge on any atom is 0.131 e.